The van der Waals surface area contributed by atoms with E-state index in [0.29, 0.717) is 5.69 Å². The van der Waals surface area contributed by atoms with Crippen LogP contribution >= 0.6 is 0 Å². The first-order chi connectivity index (χ1) is 7.16. The zero-order valence-corrected chi connectivity index (χ0v) is 8.96. The van der Waals surface area contributed by atoms with E-state index in [2.05, 4.69) is 5.32 Å². The predicted octanol–water partition coefficient (Wildman–Crippen LogP) is 2.43. The number of anilines is 1. The molecule has 3 heteroatoms. The molecule has 1 aromatic rings. The van der Waals surface area contributed by atoms with Crippen LogP contribution in [0, 0.1) is 12.7 Å². The maximum atomic E-state index is 13.5. The van der Waals surface area contributed by atoms with E-state index in [1.807, 2.05) is 13.0 Å². The molecule has 2 rings (SSSR count). The van der Waals surface area contributed by atoms with Crippen LogP contribution in [0.4, 0.5) is 10.1 Å². The molecular weight excluding hydrogens is 191 g/mol. The Bertz CT molecular complexity index is 351. The third kappa shape index (κ3) is 2.29. The average molecular weight is 208 g/mol. The minimum atomic E-state index is -0.186. The summed E-state index contributed by atoms with van der Waals surface area (Å²) in [5.41, 5.74) is 7.43. The molecule has 1 aliphatic carbocycles. The van der Waals surface area contributed by atoms with Gasteiger partial charge in [0, 0.05) is 12.1 Å². The Morgan fingerprint density at radius 1 is 1.40 bits per heavy atom. The van der Waals surface area contributed by atoms with Crippen LogP contribution in [0.5, 0.6) is 0 Å². The Morgan fingerprint density at radius 2 is 2.20 bits per heavy atom. The summed E-state index contributed by atoms with van der Waals surface area (Å²) in [4.78, 5) is 0. The van der Waals surface area contributed by atoms with Crippen molar-refractivity contribution >= 4 is 5.69 Å². The smallest absolute Gasteiger partial charge is 0.146 e. The van der Waals surface area contributed by atoms with Crippen LogP contribution < -0.4 is 11.1 Å². The maximum absolute atomic E-state index is 13.5. The molecule has 1 aliphatic rings. The normalized spacial score (nSPS) is 25.5. The molecule has 0 unspecified atom stereocenters. The highest BCUT2D eigenvalue weighted by molar-refractivity contribution is 5.47. The molecule has 2 atom stereocenters. The highest BCUT2D eigenvalue weighted by Gasteiger charge is 2.24. The Hall–Kier alpha value is -1.09. The van der Waals surface area contributed by atoms with E-state index < -0.39 is 0 Å². The molecule has 0 spiro atoms. The molecule has 3 N–H and O–H groups in total. The first-order valence-electron chi connectivity index (χ1n) is 5.45. The number of nitrogens with one attached hydrogen (secondary N) is 1. The number of hydrogen-bond donors (Lipinski definition) is 2. The lowest BCUT2D eigenvalue weighted by atomic mass is 10.1. The summed E-state index contributed by atoms with van der Waals surface area (Å²) in [6.45, 7) is 1.88. The minimum Gasteiger partial charge on any atom is -0.378 e. The summed E-state index contributed by atoms with van der Waals surface area (Å²) in [6.07, 6.45) is 3.20. The molecule has 0 amide bonds. The van der Waals surface area contributed by atoms with Crippen molar-refractivity contribution in [2.24, 2.45) is 5.73 Å². The van der Waals surface area contributed by atoms with Gasteiger partial charge >= 0.3 is 0 Å². The van der Waals surface area contributed by atoms with Gasteiger partial charge in [0.15, 0.2) is 0 Å². The Labute approximate surface area is 89.7 Å². The number of benzene rings is 1. The molecule has 0 bridgehead atoms. The lowest BCUT2D eigenvalue weighted by molar-refractivity contribution is 0.607. The summed E-state index contributed by atoms with van der Waals surface area (Å²) in [7, 11) is 0. The molecule has 0 radical (unpaired) electrons. The second-order valence-electron chi connectivity index (χ2n) is 4.33. The fraction of sp³-hybridized carbons (Fsp3) is 0.500. The topological polar surface area (TPSA) is 38.0 Å². The largest absolute Gasteiger partial charge is 0.378 e. The van der Waals surface area contributed by atoms with Gasteiger partial charge in [-0.05, 0) is 43.9 Å². The first-order valence-corrected chi connectivity index (χ1v) is 5.45. The number of nitrogens with two attached hydrogens (primary N) is 1. The van der Waals surface area contributed by atoms with Gasteiger partial charge in [0.05, 0.1) is 5.69 Å². The molecule has 1 saturated carbocycles. The zero-order valence-electron chi connectivity index (χ0n) is 8.96. The van der Waals surface area contributed by atoms with Gasteiger partial charge in [-0.15, -0.1) is 0 Å². The van der Waals surface area contributed by atoms with Gasteiger partial charge in [0.2, 0.25) is 0 Å². The van der Waals surface area contributed by atoms with Gasteiger partial charge in [-0.2, -0.15) is 0 Å². The van der Waals surface area contributed by atoms with Crippen LogP contribution in [0.15, 0.2) is 18.2 Å². The summed E-state index contributed by atoms with van der Waals surface area (Å²) < 4.78 is 13.5. The maximum Gasteiger partial charge on any atom is 0.146 e. The summed E-state index contributed by atoms with van der Waals surface area (Å²) in [5.74, 6) is -0.186. The first kappa shape index (κ1) is 10.4. The lowest BCUT2D eigenvalue weighted by Crippen LogP contribution is -2.35. The highest BCUT2D eigenvalue weighted by atomic mass is 19.1. The summed E-state index contributed by atoms with van der Waals surface area (Å²) in [6, 6.07) is 5.62. The van der Waals surface area contributed by atoms with Crippen LogP contribution in [0.1, 0.15) is 24.8 Å². The van der Waals surface area contributed by atoms with Crippen LogP contribution in [-0.2, 0) is 0 Å². The van der Waals surface area contributed by atoms with Gasteiger partial charge in [0.1, 0.15) is 5.82 Å². The van der Waals surface area contributed by atoms with Crippen LogP contribution in [0.2, 0.25) is 0 Å². The fourth-order valence-corrected chi connectivity index (χ4v) is 2.10. The minimum absolute atomic E-state index is 0.158. The average Bonchev–Trinajstić information content (AvgIpc) is 2.57. The number of rotatable bonds is 2. The van der Waals surface area contributed by atoms with Gasteiger partial charge in [-0.1, -0.05) is 6.07 Å². The van der Waals surface area contributed by atoms with E-state index in [4.69, 9.17) is 5.73 Å². The van der Waals surface area contributed by atoms with Crippen molar-refractivity contribution in [2.45, 2.75) is 38.3 Å². The van der Waals surface area contributed by atoms with Gasteiger partial charge in [-0.3, -0.25) is 0 Å². The van der Waals surface area contributed by atoms with Gasteiger partial charge in [0.25, 0.3) is 0 Å². The lowest BCUT2D eigenvalue weighted by Gasteiger charge is -2.19. The van der Waals surface area contributed by atoms with Crippen LogP contribution in [0.25, 0.3) is 0 Å². The molecule has 1 fully saturated rings. The van der Waals surface area contributed by atoms with Crippen LogP contribution in [-0.4, -0.2) is 12.1 Å². The number of aryl methyl sites for hydroxylation is 1. The van der Waals surface area contributed by atoms with Crippen molar-refractivity contribution in [3.05, 3.63) is 29.6 Å². The molecule has 82 valence electrons. The van der Waals surface area contributed by atoms with Crippen molar-refractivity contribution in [1.29, 1.82) is 0 Å². The Morgan fingerprint density at radius 3 is 2.80 bits per heavy atom. The molecule has 0 saturated heterocycles. The third-order valence-electron chi connectivity index (χ3n) is 3.03. The Balaban J connectivity index is 2.10. The van der Waals surface area contributed by atoms with Gasteiger partial charge < -0.3 is 11.1 Å². The second kappa shape index (κ2) is 4.19. The van der Waals surface area contributed by atoms with Crippen molar-refractivity contribution in [3.8, 4) is 0 Å². The second-order valence-corrected chi connectivity index (χ2v) is 4.33. The highest BCUT2D eigenvalue weighted by Crippen LogP contribution is 2.23. The molecule has 15 heavy (non-hydrogen) atoms. The Kier molecular flexibility index (Phi) is 2.91. The van der Waals surface area contributed by atoms with E-state index in [-0.39, 0.29) is 17.9 Å². The van der Waals surface area contributed by atoms with E-state index in [1.54, 1.807) is 12.1 Å². The molecule has 0 aliphatic heterocycles. The third-order valence-corrected chi connectivity index (χ3v) is 3.03. The van der Waals surface area contributed by atoms with Crippen molar-refractivity contribution in [2.75, 3.05) is 5.32 Å². The van der Waals surface area contributed by atoms with Crippen molar-refractivity contribution in [3.63, 3.8) is 0 Å². The summed E-state index contributed by atoms with van der Waals surface area (Å²) >= 11 is 0. The monoisotopic (exact) mass is 208 g/mol. The van der Waals surface area contributed by atoms with E-state index in [0.717, 1.165) is 24.8 Å². The van der Waals surface area contributed by atoms with E-state index in [9.17, 15) is 4.39 Å². The van der Waals surface area contributed by atoms with Gasteiger partial charge in [-0.25, -0.2) is 4.39 Å². The molecular formula is C12H17FN2. The quantitative estimate of drug-likeness (QED) is 0.783. The SMILES string of the molecule is Cc1ccc(N[C@@H]2CCC[C@@H]2N)c(F)c1. The standard InChI is InChI=1S/C12H17FN2/c1-8-5-6-11(9(13)7-8)15-12-4-2-3-10(12)14/h5-7,10,12,15H,2-4,14H2,1H3/t10-,12+/m0/s1. The molecule has 0 aromatic heterocycles. The fourth-order valence-electron chi connectivity index (χ4n) is 2.10. The zero-order chi connectivity index (χ0) is 10.8. The van der Waals surface area contributed by atoms with Crippen LogP contribution in [0.3, 0.4) is 0 Å². The van der Waals surface area contributed by atoms with Crippen molar-refractivity contribution in [1.82, 2.24) is 0 Å². The predicted molar refractivity (Wildman–Crippen MR) is 60.4 cm³/mol. The van der Waals surface area contributed by atoms with Crippen molar-refractivity contribution < 1.29 is 4.39 Å². The number of halogens is 1. The molecule has 1 aromatic carbocycles. The molecule has 2 nitrogen and oxygen atoms in total. The van der Waals surface area contributed by atoms with E-state index in [1.165, 1.54) is 0 Å². The number of hydrogen-bond acceptors (Lipinski definition) is 2. The summed E-state index contributed by atoms with van der Waals surface area (Å²) in [5, 5.41) is 3.19. The molecule has 0 heterocycles. The van der Waals surface area contributed by atoms with E-state index >= 15 is 0 Å².